The molecule has 0 saturated carbocycles. The van der Waals surface area contributed by atoms with E-state index in [1.165, 1.54) is 4.31 Å². The number of sulfonamides is 1. The number of carbonyl (C=O) groups is 1. The molecule has 0 radical (unpaired) electrons. The fraction of sp³-hybridized carbons (Fsp3) is 0.350. The van der Waals surface area contributed by atoms with Gasteiger partial charge >= 0.3 is 0 Å². The lowest BCUT2D eigenvalue weighted by molar-refractivity contribution is 0.0697. The van der Waals surface area contributed by atoms with Crippen molar-refractivity contribution in [3.63, 3.8) is 0 Å². The van der Waals surface area contributed by atoms with E-state index in [1.54, 1.807) is 41.2 Å². The van der Waals surface area contributed by atoms with Gasteiger partial charge in [0, 0.05) is 50.5 Å². The van der Waals surface area contributed by atoms with Gasteiger partial charge in [-0.15, -0.1) is 0 Å². The number of para-hydroxylation sites is 1. The molecule has 0 aliphatic carbocycles. The van der Waals surface area contributed by atoms with E-state index in [0.29, 0.717) is 24.2 Å². The van der Waals surface area contributed by atoms with Crippen LogP contribution in [0.25, 0.3) is 10.9 Å². The Balaban J connectivity index is 1.55. The van der Waals surface area contributed by atoms with Gasteiger partial charge in [-0.05, 0) is 31.5 Å². The molecule has 29 heavy (non-hydrogen) atoms. The number of aryl methyl sites for hydroxylation is 2. The summed E-state index contributed by atoms with van der Waals surface area (Å²) < 4.78 is 29.6. The number of hydrogen-bond donors (Lipinski definition) is 0. The minimum atomic E-state index is -3.70. The van der Waals surface area contributed by atoms with Crippen LogP contribution in [-0.4, -0.2) is 64.5 Å². The van der Waals surface area contributed by atoms with E-state index in [2.05, 4.69) is 10.1 Å². The van der Waals surface area contributed by atoms with Crippen LogP contribution in [-0.2, 0) is 17.1 Å². The SMILES string of the molecule is Cc1cnc2c(S(=O)(=O)N3CCN(C(=O)c4cnn(C)c4C)CC3)cccc2c1. The molecule has 4 rings (SSSR count). The largest absolute Gasteiger partial charge is 0.336 e. The summed E-state index contributed by atoms with van der Waals surface area (Å²) in [6.45, 7) is 4.93. The Morgan fingerprint density at radius 3 is 2.45 bits per heavy atom. The number of amides is 1. The predicted octanol–water partition coefficient (Wildman–Crippen LogP) is 1.73. The maximum absolute atomic E-state index is 13.3. The second-order valence-electron chi connectivity index (χ2n) is 7.30. The molecule has 0 bridgehead atoms. The highest BCUT2D eigenvalue weighted by molar-refractivity contribution is 7.89. The van der Waals surface area contributed by atoms with Crippen LogP contribution in [0, 0.1) is 13.8 Å². The van der Waals surface area contributed by atoms with Crippen LogP contribution in [0.1, 0.15) is 21.6 Å². The molecule has 0 N–H and O–H groups in total. The molecule has 1 amide bonds. The van der Waals surface area contributed by atoms with Crippen molar-refractivity contribution < 1.29 is 13.2 Å². The van der Waals surface area contributed by atoms with Crippen molar-refractivity contribution in [2.75, 3.05) is 26.2 Å². The zero-order valence-corrected chi connectivity index (χ0v) is 17.5. The highest BCUT2D eigenvalue weighted by Crippen LogP contribution is 2.26. The van der Waals surface area contributed by atoms with Gasteiger partial charge < -0.3 is 4.90 Å². The van der Waals surface area contributed by atoms with Gasteiger partial charge in [-0.3, -0.25) is 14.5 Å². The molecule has 1 aliphatic rings. The molecule has 9 heteroatoms. The summed E-state index contributed by atoms with van der Waals surface area (Å²) in [6, 6.07) is 7.12. The van der Waals surface area contributed by atoms with Crippen molar-refractivity contribution in [1.82, 2.24) is 24.0 Å². The number of rotatable bonds is 3. The maximum Gasteiger partial charge on any atom is 0.257 e. The lowest BCUT2D eigenvalue weighted by Crippen LogP contribution is -2.50. The van der Waals surface area contributed by atoms with Crippen molar-refractivity contribution >= 4 is 26.8 Å². The number of aromatic nitrogens is 3. The lowest BCUT2D eigenvalue weighted by Gasteiger charge is -2.34. The molecule has 1 fully saturated rings. The van der Waals surface area contributed by atoms with Crippen LogP contribution < -0.4 is 0 Å². The zero-order chi connectivity index (χ0) is 20.8. The second-order valence-corrected chi connectivity index (χ2v) is 9.21. The topological polar surface area (TPSA) is 88.4 Å². The molecule has 3 aromatic rings. The normalized spacial score (nSPS) is 15.8. The second kappa shape index (κ2) is 7.23. The Hall–Kier alpha value is -2.78. The number of pyridine rings is 1. The highest BCUT2D eigenvalue weighted by atomic mass is 32.2. The minimum Gasteiger partial charge on any atom is -0.336 e. The average molecular weight is 414 g/mol. The summed E-state index contributed by atoms with van der Waals surface area (Å²) in [5.41, 5.74) is 2.80. The van der Waals surface area contributed by atoms with Crippen LogP contribution in [0.4, 0.5) is 0 Å². The number of benzene rings is 1. The lowest BCUT2D eigenvalue weighted by atomic mass is 10.2. The van der Waals surface area contributed by atoms with Crippen molar-refractivity contribution in [3.8, 4) is 0 Å². The van der Waals surface area contributed by atoms with Crippen molar-refractivity contribution in [2.45, 2.75) is 18.7 Å². The zero-order valence-electron chi connectivity index (χ0n) is 16.7. The molecule has 0 unspecified atom stereocenters. The molecule has 3 heterocycles. The molecule has 0 atom stereocenters. The van der Waals surface area contributed by atoms with E-state index in [9.17, 15) is 13.2 Å². The Labute approximate surface area is 169 Å². The Kier molecular flexibility index (Phi) is 4.87. The first-order valence-corrected chi connectivity index (χ1v) is 10.9. The number of nitrogens with zero attached hydrogens (tertiary/aromatic N) is 5. The van der Waals surface area contributed by atoms with Gasteiger partial charge in [0.25, 0.3) is 5.91 Å². The molecular formula is C20H23N5O3S. The summed E-state index contributed by atoms with van der Waals surface area (Å²) in [5.74, 6) is -0.116. The van der Waals surface area contributed by atoms with Gasteiger partial charge in [0.15, 0.2) is 0 Å². The maximum atomic E-state index is 13.3. The summed E-state index contributed by atoms with van der Waals surface area (Å²) in [6.07, 6.45) is 3.23. The van der Waals surface area contributed by atoms with E-state index in [0.717, 1.165) is 16.6 Å². The van der Waals surface area contributed by atoms with Crippen molar-refractivity contribution in [3.05, 3.63) is 53.5 Å². The van der Waals surface area contributed by atoms with Gasteiger partial charge in [-0.1, -0.05) is 12.1 Å². The Morgan fingerprint density at radius 1 is 1.07 bits per heavy atom. The predicted molar refractivity (Wildman–Crippen MR) is 109 cm³/mol. The summed E-state index contributed by atoms with van der Waals surface area (Å²) in [7, 11) is -1.91. The van der Waals surface area contributed by atoms with Crippen LogP contribution in [0.3, 0.4) is 0 Å². The van der Waals surface area contributed by atoms with Crippen LogP contribution >= 0.6 is 0 Å². The van der Waals surface area contributed by atoms with Crippen molar-refractivity contribution in [2.24, 2.45) is 7.05 Å². The number of carbonyl (C=O) groups excluding carboxylic acids is 1. The smallest absolute Gasteiger partial charge is 0.257 e. The monoisotopic (exact) mass is 413 g/mol. The van der Waals surface area contributed by atoms with E-state index < -0.39 is 10.0 Å². The minimum absolute atomic E-state index is 0.116. The molecule has 1 aromatic carbocycles. The van der Waals surface area contributed by atoms with Gasteiger partial charge in [0.1, 0.15) is 4.90 Å². The first-order chi connectivity index (χ1) is 13.8. The number of fused-ring (bicyclic) bond motifs is 1. The van der Waals surface area contributed by atoms with Crippen molar-refractivity contribution in [1.29, 1.82) is 0 Å². The first kappa shape index (κ1) is 19.5. The van der Waals surface area contributed by atoms with Gasteiger partial charge in [0.2, 0.25) is 10.0 Å². The van der Waals surface area contributed by atoms with E-state index in [-0.39, 0.29) is 23.9 Å². The molecule has 1 aliphatic heterocycles. The molecule has 1 saturated heterocycles. The Bertz CT molecular complexity index is 1190. The first-order valence-electron chi connectivity index (χ1n) is 9.42. The molecular weight excluding hydrogens is 390 g/mol. The van der Waals surface area contributed by atoms with E-state index in [4.69, 9.17) is 0 Å². The molecule has 152 valence electrons. The number of piperazine rings is 1. The van der Waals surface area contributed by atoms with Gasteiger partial charge in [-0.2, -0.15) is 9.40 Å². The van der Waals surface area contributed by atoms with E-state index in [1.807, 2.05) is 26.0 Å². The summed E-state index contributed by atoms with van der Waals surface area (Å²) >= 11 is 0. The molecule has 2 aromatic heterocycles. The van der Waals surface area contributed by atoms with Crippen LogP contribution in [0.5, 0.6) is 0 Å². The van der Waals surface area contributed by atoms with Crippen LogP contribution in [0.15, 0.2) is 41.6 Å². The Morgan fingerprint density at radius 2 is 1.79 bits per heavy atom. The summed E-state index contributed by atoms with van der Waals surface area (Å²) in [4.78, 5) is 19.0. The fourth-order valence-electron chi connectivity index (χ4n) is 3.60. The number of hydrogen-bond acceptors (Lipinski definition) is 5. The third-order valence-electron chi connectivity index (χ3n) is 5.42. The van der Waals surface area contributed by atoms with Gasteiger partial charge in [-0.25, -0.2) is 8.42 Å². The molecule has 0 spiro atoms. The third kappa shape index (κ3) is 3.40. The standard InChI is InChI=1S/C20H23N5O3S/c1-14-11-16-5-4-6-18(19(16)21-12-14)29(27,28)25-9-7-24(8-10-25)20(26)17-13-22-23(3)15(17)2/h4-6,11-13H,7-10H2,1-3H3. The van der Waals surface area contributed by atoms with Gasteiger partial charge in [0.05, 0.1) is 17.3 Å². The summed E-state index contributed by atoms with van der Waals surface area (Å²) in [5, 5.41) is 4.92. The third-order valence-corrected chi connectivity index (χ3v) is 7.35. The average Bonchev–Trinajstić information content (AvgIpc) is 3.05. The van der Waals surface area contributed by atoms with E-state index >= 15 is 0 Å². The van der Waals surface area contributed by atoms with Crippen LogP contribution in [0.2, 0.25) is 0 Å². The molecule has 8 nitrogen and oxygen atoms in total. The quantitative estimate of drug-likeness (QED) is 0.653. The fourth-order valence-corrected chi connectivity index (χ4v) is 5.19. The highest BCUT2D eigenvalue weighted by Gasteiger charge is 2.32.